The first-order valence-corrected chi connectivity index (χ1v) is 10.3. The molecular weight excluding hydrogens is 404 g/mol. The summed E-state index contributed by atoms with van der Waals surface area (Å²) in [7, 11) is 1.68. The predicted octanol–water partition coefficient (Wildman–Crippen LogP) is 2.15. The molecule has 3 atom stereocenters. The molecule has 0 radical (unpaired) electrons. The van der Waals surface area contributed by atoms with Gasteiger partial charge in [-0.3, -0.25) is 19.9 Å². The number of imide groups is 1. The zero-order valence-electron chi connectivity index (χ0n) is 17.0. The van der Waals surface area contributed by atoms with E-state index in [1.807, 2.05) is 0 Å². The molecule has 0 bridgehead atoms. The molecule has 3 unspecified atom stereocenters. The summed E-state index contributed by atoms with van der Waals surface area (Å²) < 4.78 is 26.6. The van der Waals surface area contributed by atoms with Crippen molar-refractivity contribution in [3.63, 3.8) is 0 Å². The Kier molecular flexibility index (Phi) is 4.86. The molecule has 3 aliphatic rings. The van der Waals surface area contributed by atoms with Crippen molar-refractivity contribution in [1.29, 1.82) is 0 Å². The van der Waals surface area contributed by atoms with Crippen LogP contribution in [-0.4, -0.2) is 65.3 Å². The molecule has 1 N–H and O–H groups in total. The minimum absolute atomic E-state index is 0.0890. The molecule has 3 saturated heterocycles. The topological polar surface area (TPSA) is 59.1 Å². The molecule has 3 heterocycles. The van der Waals surface area contributed by atoms with E-state index < -0.39 is 18.2 Å². The minimum atomic E-state index is -0.531. The third-order valence-electron chi connectivity index (χ3n) is 6.28. The Morgan fingerprint density at radius 1 is 0.968 bits per heavy atom. The Bertz CT molecular complexity index is 1000. The molecular formula is C22H23F2N5O2. The van der Waals surface area contributed by atoms with Crippen molar-refractivity contribution in [2.24, 2.45) is 0 Å². The average Bonchev–Trinajstić information content (AvgIpc) is 3.17. The number of amides is 3. The van der Waals surface area contributed by atoms with E-state index >= 15 is 0 Å². The van der Waals surface area contributed by atoms with Crippen molar-refractivity contribution in [2.45, 2.75) is 31.5 Å². The molecule has 3 amide bonds. The number of halogens is 2. The van der Waals surface area contributed by atoms with Crippen molar-refractivity contribution in [1.82, 2.24) is 20.0 Å². The van der Waals surface area contributed by atoms with Gasteiger partial charge in [0, 0.05) is 25.8 Å². The van der Waals surface area contributed by atoms with Gasteiger partial charge in [-0.1, -0.05) is 12.1 Å². The van der Waals surface area contributed by atoms with Crippen LogP contribution in [0.15, 0.2) is 48.5 Å². The van der Waals surface area contributed by atoms with Crippen molar-refractivity contribution in [2.75, 3.05) is 25.0 Å². The summed E-state index contributed by atoms with van der Waals surface area (Å²) in [6.07, 6.45) is 0.0940. The number of benzene rings is 2. The number of anilines is 1. The van der Waals surface area contributed by atoms with E-state index in [0.717, 1.165) is 18.7 Å². The fourth-order valence-corrected chi connectivity index (χ4v) is 4.73. The van der Waals surface area contributed by atoms with Gasteiger partial charge in [0.2, 0.25) is 0 Å². The largest absolute Gasteiger partial charge is 0.343 e. The third-order valence-corrected chi connectivity index (χ3v) is 6.28. The summed E-state index contributed by atoms with van der Waals surface area (Å²) in [5.74, 6) is -0.940. The van der Waals surface area contributed by atoms with Gasteiger partial charge in [0.05, 0.1) is 6.54 Å². The number of likely N-dealkylation sites (N-methyl/N-ethyl adjacent to an activating group) is 1. The summed E-state index contributed by atoms with van der Waals surface area (Å²) in [5, 5.41) is 3.43. The fraction of sp³-hybridized carbons (Fsp3) is 0.364. The molecule has 2 aromatic carbocycles. The van der Waals surface area contributed by atoms with E-state index in [1.54, 1.807) is 36.2 Å². The third kappa shape index (κ3) is 3.34. The van der Waals surface area contributed by atoms with E-state index in [0.29, 0.717) is 12.1 Å². The monoisotopic (exact) mass is 427 g/mol. The molecule has 0 saturated carbocycles. The van der Waals surface area contributed by atoms with Crippen LogP contribution in [0, 0.1) is 11.6 Å². The van der Waals surface area contributed by atoms with Gasteiger partial charge in [-0.25, -0.2) is 13.6 Å². The van der Waals surface area contributed by atoms with Gasteiger partial charge in [-0.05, 0) is 48.4 Å². The highest BCUT2D eigenvalue weighted by Gasteiger charge is 2.56. The number of nitrogens with zero attached hydrogens (tertiary/aromatic N) is 4. The fourth-order valence-electron chi connectivity index (χ4n) is 4.73. The Balaban J connectivity index is 1.42. The number of urea groups is 1. The van der Waals surface area contributed by atoms with E-state index in [1.165, 1.54) is 29.2 Å². The zero-order valence-corrected chi connectivity index (χ0v) is 17.0. The maximum absolute atomic E-state index is 13.4. The van der Waals surface area contributed by atoms with Crippen LogP contribution in [0.1, 0.15) is 12.0 Å². The second kappa shape index (κ2) is 7.58. The molecule has 31 heavy (non-hydrogen) atoms. The van der Waals surface area contributed by atoms with E-state index in [2.05, 4.69) is 15.1 Å². The Hall–Kier alpha value is -3.04. The van der Waals surface area contributed by atoms with Crippen molar-refractivity contribution in [3.05, 3.63) is 65.7 Å². The van der Waals surface area contributed by atoms with Crippen LogP contribution in [0.3, 0.4) is 0 Å². The molecule has 0 aromatic heterocycles. The first-order valence-electron chi connectivity index (χ1n) is 10.3. The lowest BCUT2D eigenvalue weighted by Crippen LogP contribution is -2.66. The summed E-state index contributed by atoms with van der Waals surface area (Å²) in [5.41, 5.74) is 1.54. The summed E-state index contributed by atoms with van der Waals surface area (Å²) >= 11 is 0. The average molecular weight is 427 g/mol. The quantitative estimate of drug-likeness (QED) is 0.814. The maximum atomic E-state index is 13.4. The molecule has 9 heteroatoms. The van der Waals surface area contributed by atoms with Gasteiger partial charge in [0.15, 0.2) is 0 Å². The number of nitrogens with one attached hydrogen (secondary N) is 1. The standard InChI is InChI=1S/C22H23F2N5O2/c1-26-19-18(20(30)29(22(26)31)13-14-3-5-15(23)6-4-14)28-12-2-11-27(21(28)25-19)17-9-7-16(24)8-10-17/h3-10,18-19,21,25H,2,11-13H2,1H3. The van der Waals surface area contributed by atoms with Crippen LogP contribution >= 0.6 is 0 Å². The van der Waals surface area contributed by atoms with Gasteiger partial charge in [-0.15, -0.1) is 0 Å². The normalized spacial score (nSPS) is 26.3. The Labute approximate surface area is 178 Å². The van der Waals surface area contributed by atoms with Gasteiger partial charge < -0.3 is 9.80 Å². The van der Waals surface area contributed by atoms with Crippen LogP contribution in [0.5, 0.6) is 0 Å². The van der Waals surface area contributed by atoms with Crippen molar-refractivity contribution >= 4 is 17.6 Å². The minimum Gasteiger partial charge on any atom is -0.343 e. The number of carbonyl (C=O) groups is 2. The molecule has 0 aliphatic carbocycles. The predicted molar refractivity (Wildman–Crippen MR) is 110 cm³/mol. The molecule has 2 aromatic rings. The molecule has 7 nitrogen and oxygen atoms in total. The number of carbonyl (C=O) groups excluding carboxylic acids is 2. The summed E-state index contributed by atoms with van der Waals surface area (Å²) in [4.78, 5) is 33.4. The highest BCUT2D eigenvalue weighted by atomic mass is 19.1. The van der Waals surface area contributed by atoms with Gasteiger partial charge in [0.25, 0.3) is 5.91 Å². The molecule has 3 fully saturated rings. The van der Waals surface area contributed by atoms with Gasteiger partial charge in [0.1, 0.15) is 30.1 Å². The molecule has 162 valence electrons. The molecule has 5 rings (SSSR count). The smallest absolute Gasteiger partial charge is 0.328 e. The number of rotatable bonds is 3. The van der Waals surface area contributed by atoms with Crippen molar-refractivity contribution < 1.29 is 18.4 Å². The molecule has 3 aliphatic heterocycles. The van der Waals surface area contributed by atoms with E-state index in [4.69, 9.17) is 0 Å². The second-order valence-corrected chi connectivity index (χ2v) is 8.14. The summed E-state index contributed by atoms with van der Waals surface area (Å²) in [6.45, 7) is 1.55. The van der Waals surface area contributed by atoms with Crippen LogP contribution in [0.25, 0.3) is 0 Å². The zero-order chi connectivity index (χ0) is 21.7. The first kappa shape index (κ1) is 19.9. The van der Waals surface area contributed by atoms with E-state index in [9.17, 15) is 18.4 Å². The first-order chi connectivity index (χ1) is 14.9. The maximum Gasteiger partial charge on any atom is 0.328 e. The van der Waals surface area contributed by atoms with Crippen LogP contribution in [0.2, 0.25) is 0 Å². The Morgan fingerprint density at radius 2 is 1.61 bits per heavy atom. The van der Waals surface area contributed by atoms with Gasteiger partial charge in [-0.2, -0.15) is 0 Å². The SMILES string of the molecule is CN1C(=O)N(Cc2ccc(F)cc2)C(=O)C2C1NC1N(c3ccc(F)cc3)CCCN21. The molecule has 0 spiro atoms. The highest BCUT2D eigenvalue weighted by Crippen LogP contribution is 2.33. The summed E-state index contributed by atoms with van der Waals surface area (Å²) in [6, 6.07) is 11.2. The van der Waals surface area contributed by atoms with Crippen LogP contribution in [-0.2, 0) is 11.3 Å². The van der Waals surface area contributed by atoms with Crippen molar-refractivity contribution in [3.8, 4) is 0 Å². The van der Waals surface area contributed by atoms with Crippen LogP contribution in [0.4, 0.5) is 19.3 Å². The van der Waals surface area contributed by atoms with Crippen LogP contribution < -0.4 is 10.2 Å². The number of hydrogen-bond donors (Lipinski definition) is 1. The second-order valence-electron chi connectivity index (χ2n) is 8.14. The van der Waals surface area contributed by atoms with E-state index in [-0.39, 0.29) is 30.4 Å². The highest BCUT2D eigenvalue weighted by molar-refractivity contribution is 6.00. The number of fused-ring (bicyclic) bond motifs is 3. The Morgan fingerprint density at radius 3 is 2.29 bits per heavy atom. The number of hydrogen-bond acceptors (Lipinski definition) is 5. The lowest BCUT2D eigenvalue weighted by molar-refractivity contribution is -0.139. The lowest BCUT2D eigenvalue weighted by atomic mass is 10.1. The lowest BCUT2D eigenvalue weighted by Gasteiger charge is -2.43. The van der Waals surface area contributed by atoms with Gasteiger partial charge >= 0.3 is 6.03 Å².